The van der Waals surface area contributed by atoms with Gasteiger partial charge < -0.3 is 0 Å². The molecular formula is C73H148. The van der Waals surface area contributed by atoms with Gasteiger partial charge in [-0.2, -0.15) is 0 Å². The van der Waals surface area contributed by atoms with Gasteiger partial charge in [0.15, 0.2) is 0 Å². The quantitative estimate of drug-likeness (QED) is 0.0533. The largest absolute Gasteiger partial charge is 0.0654 e. The van der Waals surface area contributed by atoms with E-state index in [0.717, 1.165) is 0 Å². The second-order valence-electron chi connectivity index (χ2n) is 26.3. The fraction of sp³-hybridized carbons (Fsp3) is 1.00. The van der Waals surface area contributed by atoms with E-state index < -0.39 is 0 Å². The summed E-state index contributed by atoms with van der Waals surface area (Å²) < 4.78 is 0. The first kappa shape index (κ1) is 73.0. The van der Waals surface area contributed by atoms with E-state index in [9.17, 15) is 0 Å². The molecule has 0 aliphatic heterocycles. The minimum absolute atomic E-state index is 0.579. The van der Waals surface area contributed by atoms with Crippen LogP contribution in [-0.4, -0.2) is 0 Å². The van der Waals surface area contributed by atoms with Crippen LogP contribution in [0.2, 0.25) is 0 Å². The Balaban J connectivity index is 3.11. The van der Waals surface area contributed by atoms with Crippen LogP contribution in [0.1, 0.15) is 464 Å². The zero-order valence-corrected chi connectivity index (χ0v) is 52.6. The molecule has 440 valence electrons. The Hall–Kier alpha value is 0. The average Bonchev–Trinajstić information content (AvgIpc) is 3.39. The first-order chi connectivity index (χ1) is 36.1. The summed E-state index contributed by atoms with van der Waals surface area (Å²) in [5.74, 6) is 0. The molecular weight excluding hydrogens is 877 g/mol. The van der Waals surface area contributed by atoms with Crippen LogP contribution in [0.4, 0.5) is 0 Å². The summed E-state index contributed by atoms with van der Waals surface area (Å²) in [5.41, 5.74) is 0.579. The molecule has 73 heavy (non-hydrogen) atoms. The lowest BCUT2D eigenvalue weighted by molar-refractivity contribution is 0.282. The Morgan fingerprint density at radius 1 is 0.123 bits per heavy atom. The van der Waals surface area contributed by atoms with E-state index >= 15 is 0 Å². The third kappa shape index (κ3) is 68.1. The van der Waals surface area contributed by atoms with Crippen LogP contribution in [0.3, 0.4) is 0 Å². The van der Waals surface area contributed by atoms with Gasteiger partial charge in [-0.1, -0.05) is 451 Å². The molecule has 0 aliphatic rings. The van der Waals surface area contributed by atoms with Gasteiger partial charge in [-0.15, -0.1) is 0 Å². The van der Waals surface area contributed by atoms with Crippen molar-refractivity contribution in [2.75, 3.05) is 0 Å². The average molecular weight is 1030 g/mol. The maximum Gasteiger partial charge on any atom is -0.0354 e. The Bertz CT molecular complexity index is 915. The predicted molar refractivity (Wildman–Crippen MR) is 339 cm³/mol. The molecule has 0 unspecified atom stereocenters. The molecule has 0 spiro atoms. The molecule has 0 rings (SSSR count). The first-order valence-corrected chi connectivity index (χ1v) is 36.1. The minimum Gasteiger partial charge on any atom is -0.0654 e. The van der Waals surface area contributed by atoms with E-state index in [0.29, 0.717) is 5.41 Å². The summed E-state index contributed by atoms with van der Waals surface area (Å²) in [5, 5.41) is 0. The standard InChI is InChI=1S/C73H148/c1-5-7-9-11-12-13-14-15-16-17-18-19-20-21-22-23-24-25-26-27-28-29-30-31-32-33-34-35-36-37-38-39-40-41-42-43-44-45-46-47-48-49-50-51-52-53-54-55-56-57-58-59-60-61-62-63-64-65-66-67-68-70-72-73(3,4)71-69-10-8-6-2/h5-72H2,1-4H3. The predicted octanol–water partition coefficient (Wildman–Crippen LogP) is 28.6. The van der Waals surface area contributed by atoms with Gasteiger partial charge in [0.25, 0.3) is 0 Å². The molecule has 0 radical (unpaired) electrons. The van der Waals surface area contributed by atoms with Crippen LogP contribution >= 0.6 is 0 Å². The number of hydrogen-bond acceptors (Lipinski definition) is 0. The lowest BCUT2D eigenvalue weighted by Crippen LogP contribution is -2.11. The maximum atomic E-state index is 2.51. The SMILES string of the molecule is CCCCCCCCCCCCCCCCCCCCCCCCCCCCCCCCCCCCCCCCCCCCCCCCCCCCCCCCCCCCCCCCC(C)(C)CCCCCC. The Morgan fingerprint density at radius 3 is 0.315 bits per heavy atom. The van der Waals surface area contributed by atoms with E-state index in [2.05, 4.69) is 27.7 Å². The number of rotatable bonds is 68. The van der Waals surface area contributed by atoms with Crippen LogP contribution < -0.4 is 0 Å². The van der Waals surface area contributed by atoms with Crippen LogP contribution in [0.15, 0.2) is 0 Å². The van der Waals surface area contributed by atoms with Gasteiger partial charge in [0.05, 0.1) is 0 Å². The molecule has 0 aliphatic carbocycles. The summed E-state index contributed by atoms with van der Waals surface area (Å²) in [6.07, 6.45) is 101. The van der Waals surface area contributed by atoms with E-state index in [1.54, 1.807) is 0 Å². The van der Waals surface area contributed by atoms with Crippen molar-refractivity contribution in [1.82, 2.24) is 0 Å². The number of unbranched alkanes of at least 4 members (excludes halogenated alkanes) is 64. The monoisotopic (exact) mass is 1030 g/mol. The highest BCUT2D eigenvalue weighted by Gasteiger charge is 2.16. The van der Waals surface area contributed by atoms with Gasteiger partial charge in [0.1, 0.15) is 0 Å². The number of hydrogen-bond donors (Lipinski definition) is 0. The van der Waals surface area contributed by atoms with Crippen molar-refractivity contribution in [1.29, 1.82) is 0 Å². The van der Waals surface area contributed by atoms with E-state index in [1.807, 2.05) is 0 Å². The highest BCUT2D eigenvalue weighted by molar-refractivity contribution is 4.69. The summed E-state index contributed by atoms with van der Waals surface area (Å²) in [7, 11) is 0. The molecule has 0 bridgehead atoms. The van der Waals surface area contributed by atoms with Gasteiger partial charge >= 0.3 is 0 Å². The lowest BCUT2D eigenvalue weighted by atomic mass is 9.82. The van der Waals surface area contributed by atoms with Crippen molar-refractivity contribution < 1.29 is 0 Å². The van der Waals surface area contributed by atoms with Crippen molar-refractivity contribution in [2.24, 2.45) is 5.41 Å². The van der Waals surface area contributed by atoms with Gasteiger partial charge in [0, 0.05) is 0 Å². The molecule has 0 fully saturated rings. The topological polar surface area (TPSA) is 0 Å². The van der Waals surface area contributed by atoms with Crippen molar-refractivity contribution >= 4 is 0 Å². The second kappa shape index (κ2) is 66.3. The molecule has 0 aromatic rings. The van der Waals surface area contributed by atoms with Gasteiger partial charge in [-0.05, 0) is 18.3 Å². The zero-order chi connectivity index (χ0) is 52.6. The molecule has 0 N–H and O–H groups in total. The molecule has 0 aromatic carbocycles. The highest BCUT2D eigenvalue weighted by atomic mass is 14.2. The molecule has 0 saturated heterocycles. The summed E-state index contributed by atoms with van der Waals surface area (Å²) >= 11 is 0. The van der Waals surface area contributed by atoms with Crippen molar-refractivity contribution in [2.45, 2.75) is 464 Å². The zero-order valence-electron chi connectivity index (χ0n) is 52.6. The maximum absolute atomic E-state index is 2.51. The van der Waals surface area contributed by atoms with Gasteiger partial charge in [-0.25, -0.2) is 0 Å². The molecule has 0 amide bonds. The van der Waals surface area contributed by atoms with Crippen LogP contribution in [0, 0.1) is 5.41 Å². The van der Waals surface area contributed by atoms with Crippen LogP contribution in [0.5, 0.6) is 0 Å². The molecule has 0 aromatic heterocycles. The van der Waals surface area contributed by atoms with Crippen LogP contribution in [0.25, 0.3) is 0 Å². The van der Waals surface area contributed by atoms with E-state index in [4.69, 9.17) is 0 Å². The molecule has 0 atom stereocenters. The highest BCUT2D eigenvalue weighted by Crippen LogP contribution is 2.31. The Kier molecular flexibility index (Phi) is 66.3. The normalized spacial score (nSPS) is 12.0. The van der Waals surface area contributed by atoms with Gasteiger partial charge in [0.2, 0.25) is 0 Å². The van der Waals surface area contributed by atoms with Crippen molar-refractivity contribution in [3.05, 3.63) is 0 Å². The van der Waals surface area contributed by atoms with E-state index in [1.165, 1.54) is 437 Å². The molecule has 0 heteroatoms. The Labute approximate surface area is 467 Å². The lowest BCUT2D eigenvalue weighted by Gasteiger charge is -2.24. The molecule has 0 heterocycles. The van der Waals surface area contributed by atoms with E-state index in [-0.39, 0.29) is 0 Å². The van der Waals surface area contributed by atoms with Gasteiger partial charge in [-0.3, -0.25) is 0 Å². The smallest absolute Gasteiger partial charge is 0.0354 e. The third-order valence-corrected chi connectivity index (χ3v) is 17.9. The summed E-state index contributed by atoms with van der Waals surface area (Å²) in [6, 6.07) is 0. The van der Waals surface area contributed by atoms with Crippen molar-refractivity contribution in [3.8, 4) is 0 Å². The third-order valence-electron chi connectivity index (χ3n) is 17.9. The minimum atomic E-state index is 0.579. The van der Waals surface area contributed by atoms with Crippen molar-refractivity contribution in [3.63, 3.8) is 0 Å². The first-order valence-electron chi connectivity index (χ1n) is 36.1. The second-order valence-corrected chi connectivity index (χ2v) is 26.3. The summed E-state index contributed by atoms with van der Waals surface area (Å²) in [6.45, 7) is 9.65. The fourth-order valence-corrected chi connectivity index (χ4v) is 12.4. The Morgan fingerprint density at radius 2 is 0.205 bits per heavy atom. The van der Waals surface area contributed by atoms with Crippen LogP contribution in [-0.2, 0) is 0 Å². The summed E-state index contributed by atoms with van der Waals surface area (Å²) in [4.78, 5) is 0. The molecule has 0 saturated carbocycles. The molecule has 0 nitrogen and oxygen atoms in total. The fourth-order valence-electron chi connectivity index (χ4n) is 12.4.